The minimum atomic E-state index is -3.39. The molecule has 0 aliphatic heterocycles. The van der Waals surface area contributed by atoms with Crippen LogP contribution in [0.3, 0.4) is 0 Å². The van der Waals surface area contributed by atoms with Crippen molar-refractivity contribution in [2.24, 2.45) is 0 Å². The summed E-state index contributed by atoms with van der Waals surface area (Å²) in [6, 6.07) is 18.4. The van der Waals surface area contributed by atoms with Crippen LogP contribution in [0.25, 0.3) is 12.2 Å². The van der Waals surface area contributed by atoms with Crippen molar-refractivity contribution in [3.05, 3.63) is 81.9 Å². The van der Waals surface area contributed by atoms with E-state index in [4.69, 9.17) is 0 Å². The first kappa shape index (κ1) is 23.9. The topological polar surface area (TPSA) is 0 Å². The second-order valence-electron chi connectivity index (χ2n) is 9.79. The van der Waals surface area contributed by atoms with Gasteiger partial charge in [-0.1, -0.05) is 0 Å². The van der Waals surface area contributed by atoms with Crippen LogP contribution in [0.4, 0.5) is 0 Å². The molecular weight excluding hydrogens is 566 g/mol. The Labute approximate surface area is 185 Å². The zero-order chi connectivity index (χ0) is 18.7. The van der Waals surface area contributed by atoms with E-state index in [2.05, 4.69) is 97.0 Å². The van der Waals surface area contributed by atoms with Crippen LogP contribution in [0.15, 0.2) is 59.7 Å². The first-order valence-electron chi connectivity index (χ1n) is 9.98. The third kappa shape index (κ3) is 3.19. The average Bonchev–Trinajstić information content (AvgIpc) is 3.10. The molecule has 2 aliphatic rings. The number of allylic oxidation sites excluding steroid dienone is 2. The summed E-state index contributed by atoms with van der Waals surface area (Å²) in [7, 11) is 0. The van der Waals surface area contributed by atoms with E-state index in [1.807, 2.05) is 0 Å². The van der Waals surface area contributed by atoms with Gasteiger partial charge in [0.2, 0.25) is 0 Å². The summed E-state index contributed by atoms with van der Waals surface area (Å²) in [6.45, 7) is 10.1. The van der Waals surface area contributed by atoms with E-state index in [0.29, 0.717) is 7.35 Å². The Kier molecular flexibility index (Phi) is 6.83. The number of rotatable bonds is 3. The molecule has 0 aromatic heterocycles. The van der Waals surface area contributed by atoms with E-state index in [1.165, 1.54) is 11.1 Å². The monoisotopic (exact) mass is 599 g/mol. The molecule has 2 unspecified atom stereocenters. The normalized spacial score (nSPS) is 21.5. The fourth-order valence-corrected chi connectivity index (χ4v) is 50.2. The van der Waals surface area contributed by atoms with Crippen LogP contribution < -0.4 is 0 Å². The van der Waals surface area contributed by atoms with Gasteiger partial charge in [-0.25, -0.2) is 0 Å². The SMILES string of the molecule is CC1=Cc2ccccc2[CH]1[Hf]([CH3])([CH3])([CH]1C(C)=Cc2ccccc21)[SiH](C)C.Cl.Cl. The Morgan fingerprint density at radius 2 is 1.04 bits per heavy atom. The molecule has 0 saturated heterocycles. The summed E-state index contributed by atoms with van der Waals surface area (Å²) in [4.78, 5) is 0. The minimum absolute atomic E-state index is 0. The molecule has 0 N–H and O–H groups in total. The van der Waals surface area contributed by atoms with Crippen molar-refractivity contribution >= 4 is 42.9 Å². The van der Waals surface area contributed by atoms with Crippen LogP contribution in [0.2, 0.25) is 22.5 Å². The second kappa shape index (κ2) is 8.02. The molecule has 0 heterocycles. The van der Waals surface area contributed by atoms with Crippen molar-refractivity contribution in [2.75, 3.05) is 0 Å². The third-order valence-corrected chi connectivity index (χ3v) is 74.9. The first-order chi connectivity index (χ1) is 12.2. The molecule has 0 fully saturated rings. The van der Waals surface area contributed by atoms with E-state index < -0.39 is 23.7 Å². The smallest absolute Gasteiger partial charge is 0.147 e. The van der Waals surface area contributed by atoms with Crippen molar-refractivity contribution in [1.82, 2.24) is 0 Å². The van der Waals surface area contributed by atoms with Crippen LogP contribution in [-0.4, -0.2) is 5.98 Å². The first-order valence-corrected chi connectivity index (χ1v) is 30.4. The minimum Gasteiger partial charge on any atom is -0.147 e. The summed E-state index contributed by atoms with van der Waals surface area (Å²) in [5, 5.41) is 0. The van der Waals surface area contributed by atoms with Crippen LogP contribution >= 0.6 is 24.8 Å². The predicted molar refractivity (Wildman–Crippen MR) is 131 cm³/mol. The number of halogens is 2. The fraction of sp³-hybridized carbons (Fsp3) is 0.333. The Morgan fingerprint density at radius 3 is 1.39 bits per heavy atom. The molecule has 28 heavy (non-hydrogen) atoms. The van der Waals surface area contributed by atoms with Crippen molar-refractivity contribution < 1.29 is 17.7 Å². The summed E-state index contributed by atoms with van der Waals surface area (Å²) in [5.74, 6) is -0.879. The molecule has 2 aromatic rings. The Hall–Kier alpha value is -0.413. The van der Waals surface area contributed by atoms with E-state index in [0.717, 1.165) is 0 Å². The van der Waals surface area contributed by atoms with Crippen molar-refractivity contribution in [2.45, 2.75) is 43.7 Å². The summed E-state index contributed by atoms with van der Waals surface area (Å²) in [6.07, 6.45) is 4.97. The average molecular weight is 599 g/mol. The van der Waals surface area contributed by atoms with Gasteiger partial charge in [0.1, 0.15) is 0 Å². The zero-order valence-corrected chi connectivity index (χ0v) is 24.2. The maximum atomic E-state index is 2.82. The molecule has 0 saturated carbocycles. The molecule has 0 bridgehead atoms. The van der Waals surface area contributed by atoms with Crippen LogP contribution in [0, 0.1) is 0 Å². The third-order valence-electron chi connectivity index (χ3n) is 7.93. The number of benzene rings is 2. The Morgan fingerprint density at radius 1 is 0.679 bits per heavy atom. The van der Waals surface area contributed by atoms with Gasteiger partial charge in [0.25, 0.3) is 0 Å². The van der Waals surface area contributed by atoms with Crippen molar-refractivity contribution in [3.8, 4) is 0 Å². The van der Waals surface area contributed by atoms with Crippen molar-refractivity contribution in [3.63, 3.8) is 0 Å². The van der Waals surface area contributed by atoms with Gasteiger partial charge >= 0.3 is 161 Å². The Bertz CT molecular complexity index is 887. The van der Waals surface area contributed by atoms with Gasteiger partial charge in [-0.3, -0.25) is 0 Å². The van der Waals surface area contributed by atoms with Crippen molar-refractivity contribution in [1.29, 1.82) is 0 Å². The van der Waals surface area contributed by atoms with Crippen LogP contribution in [0.5, 0.6) is 0 Å². The molecule has 2 aliphatic carbocycles. The van der Waals surface area contributed by atoms with E-state index >= 15 is 0 Å². The largest absolute Gasteiger partial charge is 0.147 e. The molecule has 4 heteroatoms. The summed E-state index contributed by atoms with van der Waals surface area (Å²) < 4.78 is 7.05. The van der Waals surface area contributed by atoms with E-state index in [-0.39, 0.29) is 24.8 Å². The molecule has 151 valence electrons. The predicted octanol–water partition coefficient (Wildman–Crippen LogP) is 7.92. The molecule has 2 aromatic carbocycles. The molecular formula is C24H33Cl2HfSi. The molecule has 2 atom stereocenters. The maximum Gasteiger partial charge on any atom is -0.147 e. The van der Waals surface area contributed by atoms with Crippen LogP contribution in [0.1, 0.15) is 43.5 Å². The number of hydrogen-bond acceptors (Lipinski definition) is 0. The molecule has 4 rings (SSSR count). The Balaban J connectivity index is 0.00000140. The zero-order valence-electron chi connectivity index (χ0n) is 17.8. The number of fused-ring (bicyclic) bond motifs is 2. The number of hydrogen-bond donors (Lipinski definition) is 0. The molecule has 0 radical (unpaired) electrons. The molecule has 0 spiro atoms. The fourth-order valence-electron chi connectivity index (χ4n) is 6.21. The van der Waals surface area contributed by atoms with Gasteiger partial charge in [-0.05, 0) is 0 Å². The van der Waals surface area contributed by atoms with E-state index in [9.17, 15) is 0 Å². The van der Waals surface area contributed by atoms with Gasteiger partial charge < -0.3 is 0 Å². The standard InChI is InChI=1S/2C10H9.C2H7Si.2CH3.2ClH.Hf/c2*1-8-6-9-4-2-3-5-10(9)7-8;1-3-2;;;;;/h2*2-7H,1H3;3H,1-2H3;2*1H3;2*1H;. The second-order valence-corrected chi connectivity index (χ2v) is 63.2. The van der Waals surface area contributed by atoms with Crippen LogP contribution in [-0.2, 0) is 17.7 Å². The molecule has 0 amide bonds. The molecule has 0 nitrogen and oxygen atoms in total. The van der Waals surface area contributed by atoms with Gasteiger partial charge in [0, 0.05) is 0 Å². The van der Waals surface area contributed by atoms with Gasteiger partial charge in [-0.15, -0.1) is 24.8 Å². The quantitative estimate of drug-likeness (QED) is 0.315. The summed E-state index contributed by atoms with van der Waals surface area (Å²) >= 11 is -3.39. The van der Waals surface area contributed by atoms with Gasteiger partial charge in [0.05, 0.1) is 0 Å². The van der Waals surface area contributed by atoms with E-state index in [1.54, 1.807) is 22.3 Å². The van der Waals surface area contributed by atoms with Gasteiger partial charge in [-0.2, -0.15) is 0 Å². The van der Waals surface area contributed by atoms with Gasteiger partial charge in [0.15, 0.2) is 0 Å². The summed E-state index contributed by atoms with van der Waals surface area (Å²) in [5.41, 5.74) is 9.47. The maximum absolute atomic E-state index is 3.39.